The van der Waals surface area contributed by atoms with Gasteiger partial charge in [0, 0.05) is 0 Å². The molecule has 3 heterocycles. The zero-order valence-corrected chi connectivity index (χ0v) is 12.4. The number of para-hydroxylation sites is 2. The molecule has 0 bridgehead atoms. The highest BCUT2D eigenvalue weighted by molar-refractivity contribution is 5.72. The van der Waals surface area contributed by atoms with E-state index in [9.17, 15) is 9.90 Å². The van der Waals surface area contributed by atoms with E-state index in [0.717, 1.165) is 18.5 Å². The molecule has 1 fully saturated rings. The van der Waals surface area contributed by atoms with Crippen molar-refractivity contribution in [2.45, 2.75) is 31.6 Å². The van der Waals surface area contributed by atoms with Crippen molar-refractivity contribution in [1.29, 1.82) is 0 Å². The maximum atomic E-state index is 12.3. The van der Waals surface area contributed by atoms with Crippen molar-refractivity contribution in [3.8, 4) is 11.5 Å². The topological polar surface area (TPSA) is 85.6 Å². The number of fused-ring (bicyclic) bond motifs is 2. The first-order valence-electron chi connectivity index (χ1n) is 7.68. The predicted octanol–water partition coefficient (Wildman–Crippen LogP) is 2.15. The van der Waals surface area contributed by atoms with Crippen LogP contribution in [0.3, 0.4) is 0 Å². The van der Waals surface area contributed by atoms with E-state index >= 15 is 0 Å². The van der Waals surface area contributed by atoms with E-state index in [0.29, 0.717) is 23.7 Å². The van der Waals surface area contributed by atoms with Gasteiger partial charge in [-0.1, -0.05) is 12.1 Å². The molecule has 0 spiro atoms. The van der Waals surface area contributed by atoms with Gasteiger partial charge in [-0.25, -0.2) is 4.79 Å². The first-order valence-corrected chi connectivity index (χ1v) is 7.68. The molecule has 1 saturated heterocycles. The van der Waals surface area contributed by atoms with Crippen molar-refractivity contribution in [3.05, 3.63) is 40.9 Å². The van der Waals surface area contributed by atoms with Gasteiger partial charge in [0.05, 0.1) is 24.6 Å². The van der Waals surface area contributed by atoms with Crippen LogP contribution in [0.2, 0.25) is 0 Å². The molecule has 1 aromatic carbocycles. The Hall–Kier alpha value is -2.38. The van der Waals surface area contributed by atoms with Crippen LogP contribution in [0, 0.1) is 0 Å². The van der Waals surface area contributed by atoms with Gasteiger partial charge >= 0.3 is 5.69 Å². The lowest BCUT2D eigenvalue weighted by Gasteiger charge is -2.30. The first kappa shape index (κ1) is 14.2. The van der Waals surface area contributed by atoms with Crippen LogP contribution in [0.25, 0.3) is 0 Å². The largest absolute Gasteiger partial charge is 0.450 e. The van der Waals surface area contributed by atoms with Crippen molar-refractivity contribution < 1.29 is 14.6 Å². The molecule has 1 aromatic heterocycles. The van der Waals surface area contributed by atoms with Crippen LogP contribution in [0.1, 0.15) is 25.5 Å². The second kappa shape index (κ2) is 5.68. The molecule has 2 atom stereocenters. The van der Waals surface area contributed by atoms with Crippen molar-refractivity contribution in [1.82, 2.24) is 9.55 Å². The number of hydrogen-bond donors (Lipinski definition) is 2. The minimum Gasteiger partial charge on any atom is -0.450 e. The molecule has 0 saturated carbocycles. The molecule has 7 nitrogen and oxygen atoms in total. The van der Waals surface area contributed by atoms with Crippen molar-refractivity contribution >= 4 is 11.5 Å². The van der Waals surface area contributed by atoms with Gasteiger partial charge in [-0.2, -0.15) is 4.98 Å². The average molecular weight is 315 g/mol. The minimum absolute atomic E-state index is 0.0466. The van der Waals surface area contributed by atoms with Gasteiger partial charge in [-0.15, -0.1) is 0 Å². The lowest BCUT2D eigenvalue weighted by molar-refractivity contribution is -0.108. The van der Waals surface area contributed by atoms with E-state index < -0.39 is 11.9 Å². The number of nitrogens with zero attached hydrogens (tertiary/aromatic N) is 2. The number of ether oxygens (including phenoxy) is 2. The second-order valence-corrected chi connectivity index (χ2v) is 5.69. The van der Waals surface area contributed by atoms with Gasteiger partial charge in [0.25, 0.3) is 0 Å². The molecule has 7 heteroatoms. The lowest BCUT2D eigenvalue weighted by atomic mass is 10.1. The number of aliphatic hydroxyl groups excluding tert-OH is 1. The molecule has 2 unspecified atom stereocenters. The van der Waals surface area contributed by atoms with Gasteiger partial charge in [0.2, 0.25) is 0 Å². The summed E-state index contributed by atoms with van der Waals surface area (Å²) in [4.78, 5) is 16.4. The zero-order valence-electron chi connectivity index (χ0n) is 12.4. The summed E-state index contributed by atoms with van der Waals surface area (Å²) in [6.07, 6.45) is 3.36. The van der Waals surface area contributed by atoms with Crippen LogP contribution in [-0.4, -0.2) is 27.4 Å². The highest BCUT2D eigenvalue weighted by atomic mass is 16.5. The summed E-state index contributed by atoms with van der Waals surface area (Å²) in [6, 6.07) is 7.47. The smallest absolute Gasteiger partial charge is 0.351 e. The van der Waals surface area contributed by atoms with Crippen molar-refractivity contribution in [3.63, 3.8) is 0 Å². The van der Waals surface area contributed by atoms with E-state index in [-0.39, 0.29) is 12.7 Å². The number of aliphatic hydroxyl groups is 1. The molecule has 120 valence electrons. The van der Waals surface area contributed by atoms with E-state index in [4.69, 9.17) is 9.47 Å². The molecule has 0 amide bonds. The zero-order chi connectivity index (χ0) is 15.8. The quantitative estimate of drug-likeness (QED) is 0.753. The van der Waals surface area contributed by atoms with E-state index in [2.05, 4.69) is 10.3 Å². The molecule has 0 radical (unpaired) electrons. The SMILES string of the molecule is O=c1nc2c(cn1C1CCCC(CO)O1)Oc1ccccc1N2. The highest BCUT2D eigenvalue weighted by Crippen LogP contribution is 2.40. The van der Waals surface area contributed by atoms with Crippen LogP contribution in [-0.2, 0) is 4.74 Å². The Kier molecular flexibility index (Phi) is 3.51. The third-order valence-electron chi connectivity index (χ3n) is 4.12. The molecule has 2 aromatic rings. The fourth-order valence-electron chi connectivity index (χ4n) is 2.94. The Morgan fingerprint density at radius 3 is 3.04 bits per heavy atom. The lowest BCUT2D eigenvalue weighted by Crippen LogP contribution is -2.35. The Bertz CT molecular complexity index is 789. The molecule has 2 N–H and O–H groups in total. The summed E-state index contributed by atoms with van der Waals surface area (Å²) in [7, 11) is 0. The maximum Gasteiger partial charge on any atom is 0.351 e. The second-order valence-electron chi connectivity index (χ2n) is 5.69. The summed E-state index contributed by atoms with van der Waals surface area (Å²) < 4.78 is 13.0. The van der Waals surface area contributed by atoms with Crippen LogP contribution >= 0.6 is 0 Å². The molecule has 4 rings (SSSR count). The van der Waals surface area contributed by atoms with Gasteiger partial charge in [0.1, 0.15) is 6.23 Å². The molecule has 0 aliphatic carbocycles. The van der Waals surface area contributed by atoms with Gasteiger partial charge in [-0.3, -0.25) is 4.57 Å². The number of benzene rings is 1. The van der Waals surface area contributed by atoms with Crippen molar-refractivity contribution in [2.75, 3.05) is 11.9 Å². The third-order valence-corrected chi connectivity index (χ3v) is 4.12. The summed E-state index contributed by atoms with van der Waals surface area (Å²) >= 11 is 0. The minimum atomic E-state index is -0.424. The van der Waals surface area contributed by atoms with Gasteiger partial charge < -0.3 is 19.9 Å². The molecular formula is C16H17N3O4. The molecule has 23 heavy (non-hydrogen) atoms. The fourth-order valence-corrected chi connectivity index (χ4v) is 2.94. The number of aromatic nitrogens is 2. The summed E-state index contributed by atoms with van der Waals surface area (Å²) in [6.45, 7) is -0.0466. The molecule has 2 aliphatic heterocycles. The molecular weight excluding hydrogens is 298 g/mol. The normalized spacial score (nSPS) is 22.5. The monoisotopic (exact) mass is 315 g/mol. The van der Waals surface area contributed by atoms with Crippen LogP contribution in [0.5, 0.6) is 11.5 Å². The molecule has 2 aliphatic rings. The van der Waals surface area contributed by atoms with Crippen LogP contribution in [0.15, 0.2) is 35.3 Å². The Morgan fingerprint density at radius 1 is 1.30 bits per heavy atom. The average Bonchev–Trinajstić information content (AvgIpc) is 2.59. The van der Waals surface area contributed by atoms with Crippen molar-refractivity contribution in [2.24, 2.45) is 0 Å². The first-order chi connectivity index (χ1) is 11.2. The Labute approximate surface area is 132 Å². The number of rotatable bonds is 2. The summed E-state index contributed by atoms with van der Waals surface area (Å²) in [5, 5.41) is 12.4. The van der Waals surface area contributed by atoms with Crippen LogP contribution < -0.4 is 15.7 Å². The number of nitrogens with one attached hydrogen (secondary N) is 1. The third kappa shape index (κ3) is 2.58. The van der Waals surface area contributed by atoms with Crippen LogP contribution in [0.4, 0.5) is 11.5 Å². The van der Waals surface area contributed by atoms with E-state index in [1.165, 1.54) is 4.57 Å². The maximum absolute atomic E-state index is 12.3. The van der Waals surface area contributed by atoms with E-state index in [1.807, 2.05) is 24.3 Å². The number of hydrogen-bond acceptors (Lipinski definition) is 6. The van der Waals surface area contributed by atoms with Gasteiger partial charge in [-0.05, 0) is 31.4 Å². The predicted molar refractivity (Wildman–Crippen MR) is 83.1 cm³/mol. The summed E-state index contributed by atoms with van der Waals surface area (Å²) in [5.74, 6) is 1.57. The van der Waals surface area contributed by atoms with E-state index in [1.54, 1.807) is 6.20 Å². The Balaban J connectivity index is 1.68. The Morgan fingerprint density at radius 2 is 2.17 bits per heavy atom. The summed E-state index contributed by atoms with van der Waals surface area (Å²) in [5.41, 5.74) is 0.377. The standard InChI is InChI=1S/C16H17N3O4/c20-9-10-4-3-7-14(22-10)19-8-13-15(18-16(19)21)17-11-5-1-2-6-12(11)23-13/h1-2,5-6,8,10,14,20H,3-4,7,9H2,(H,17,18,21). The number of anilines is 2. The fraction of sp³-hybridized carbons (Fsp3) is 0.375. The van der Waals surface area contributed by atoms with Gasteiger partial charge in [0.15, 0.2) is 17.3 Å². The highest BCUT2D eigenvalue weighted by Gasteiger charge is 2.26.